The van der Waals surface area contributed by atoms with Crippen LogP contribution in [0, 0.1) is 11.6 Å². The van der Waals surface area contributed by atoms with Gasteiger partial charge in [-0.1, -0.05) is 11.3 Å². The van der Waals surface area contributed by atoms with Gasteiger partial charge in [0.25, 0.3) is 5.91 Å². The number of hydrogen-bond donors (Lipinski definition) is 1. The number of nitrogens with zero attached hydrogens (tertiary/aromatic N) is 1. The Morgan fingerprint density at radius 1 is 1.23 bits per heavy atom. The number of halogens is 2. The molecule has 4 nitrogen and oxygen atoms in total. The number of nitrogens with one attached hydrogen (secondary N) is 1. The first-order valence-electron chi connectivity index (χ1n) is 6.28. The number of rotatable bonds is 3. The van der Waals surface area contributed by atoms with Crippen LogP contribution in [-0.4, -0.2) is 18.0 Å². The van der Waals surface area contributed by atoms with E-state index in [9.17, 15) is 13.6 Å². The van der Waals surface area contributed by atoms with E-state index in [1.807, 2.05) is 0 Å². The minimum absolute atomic E-state index is 0.303. The van der Waals surface area contributed by atoms with E-state index in [1.165, 1.54) is 11.3 Å². The van der Waals surface area contributed by atoms with E-state index in [1.54, 1.807) is 25.3 Å². The fraction of sp³-hybridized carbons (Fsp3) is 0.0667. The standard InChI is InChI=1S/C15H10F2N2O2S/c1-21-9-3-5-12-13(7-9)22-15(18-12)19-14(20)10-6-8(16)2-4-11(10)17/h2-7H,1H3,(H,18,19,20). The van der Waals surface area contributed by atoms with Crippen LogP contribution in [0.15, 0.2) is 36.4 Å². The summed E-state index contributed by atoms with van der Waals surface area (Å²) in [5.74, 6) is -1.55. The van der Waals surface area contributed by atoms with E-state index in [0.717, 1.165) is 22.9 Å². The highest BCUT2D eigenvalue weighted by atomic mass is 32.1. The van der Waals surface area contributed by atoms with Gasteiger partial charge < -0.3 is 4.74 Å². The number of ether oxygens (including phenoxy) is 1. The Balaban J connectivity index is 1.89. The molecule has 0 spiro atoms. The van der Waals surface area contributed by atoms with Crippen molar-refractivity contribution in [2.75, 3.05) is 12.4 Å². The molecule has 0 aliphatic carbocycles. The molecule has 0 aliphatic rings. The summed E-state index contributed by atoms with van der Waals surface area (Å²) in [6.45, 7) is 0. The summed E-state index contributed by atoms with van der Waals surface area (Å²) < 4.78 is 32.6. The molecular formula is C15H10F2N2O2S. The lowest BCUT2D eigenvalue weighted by Crippen LogP contribution is -2.13. The highest BCUT2D eigenvalue weighted by Gasteiger charge is 2.15. The molecule has 7 heteroatoms. The Bertz CT molecular complexity index is 864. The topological polar surface area (TPSA) is 51.2 Å². The first-order chi connectivity index (χ1) is 10.6. The third-order valence-corrected chi connectivity index (χ3v) is 3.92. The number of carbonyl (C=O) groups is 1. The minimum Gasteiger partial charge on any atom is -0.497 e. The largest absolute Gasteiger partial charge is 0.497 e. The third-order valence-electron chi connectivity index (χ3n) is 2.99. The van der Waals surface area contributed by atoms with Crippen molar-refractivity contribution in [2.45, 2.75) is 0 Å². The van der Waals surface area contributed by atoms with Gasteiger partial charge in [0.2, 0.25) is 0 Å². The van der Waals surface area contributed by atoms with Crippen LogP contribution in [0.25, 0.3) is 10.2 Å². The van der Waals surface area contributed by atoms with Crippen molar-refractivity contribution in [2.24, 2.45) is 0 Å². The quantitative estimate of drug-likeness (QED) is 0.798. The van der Waals surface area contributed by atoms with Crippen LogP contribution >= 0.6 is 11.3 Å². The van der Waals surface area contributed by atoms with Crippen LogP contribution in [0.5, 0.6) is 5.75 Å². The van der Waals surface area contributed by atoms with Gasteiger partial charge in [-0.25, -0.2) is 13.8 Å². The minimum atomic E-state index is -0.790. The second-order valence-corrected chi connectivity index (χ2v) is 5.46. The Hall–Kier alpha value is -2.54. The monoisotopic (exact) mass is 320 g/mol. The number of thiazole rings is 1. The summed E-state index contributed by atoms with van der Waals surface area (Å²) >= 11 is 1.22. The summed E-state index contributed by atoms with van der Waals surface area (Å²) in [4.78, 5) is 16.2. The van der Waals surface area contributed by atoms with Crippen LogP contribution in [0.4, 0.5) is 13.9 Å². The van der Waals surface area contributed by atoms with Gasteiger partial charge in [-0.05, 0) is 36.4 Å². The van der Waals surface area contributed by atoms with Crippen LogP contribution < -0.4 is 10.1 Å². The van der Waals surface area contributed by atoms with Crippen molar-refractivity contribution in [3.8, 4) is 5.75 Å². The molecule has 1 heterocycles. The number of aromatic nitrogens is 1. The first kappa shape index (κ1) is 14.4. The maximum Gasteiger partial charge on any atom is 0.260 e. The molecule has 112 valence electrons. The summed E-state index contributed by atoms with van der Waals surface area (Å²) in [7, 11) is 1.55. The molecule has 0 aliphatic heterocycles. The Labute approximate surface area is 128 Å². The fourth-order valence-corrected chi connectivity index (χ4v) is 2.81. The van der Waals surface area contributed by atoms with Crippen LogP contribution in [0.2, 0.25) is 0 Å². The molecule has 22 heavy (non-hydrogen) atoms. The average molecular weight is 320 g/mol. The van der Waals surface area contributed by atoms with Gasteiger partial charge in [-0.3, -0.25) is 10.1 Å². The van der Waals surface area contributed by atoms with Crippen molar-refractivity contribution >= 4 is 32.6 Å². The molecular weight excluding hydrogens is 310 g/mol. The smallest absolute Gasteiger partial charge is 0.260 e. The van der Waals surface area contributed by atoms with Crippen molar-refractivity contribution in [1.82, 2.24) is 4.98 Å². The molecule has 0 saturated heterocycles. The zero-order valence-corrected chi connectivity index (χ0v) is 12.2. The van der Waals surface area contributed by atoms with Gasteiger partial charge in [-0.2, -0.15) is 0 Å². The molecule has 1 amide bonds. The number of methoxy groups -OCH3 is 1. The molecule has 0 radical (unpaired) electrons. The molecule has 3 aromatic rings. The van der Waals surface area contributed by atoms with E-state index >= 15 is 0 Å². The van der Waals surface area contributed by atoms with Gasteiger partial charge in [-0.15, -0.1) is 0 Å². The summed E-state index contributed by atoms with van der Waals surface area (Å²) in [5, 5.41) is 2.78. The number of benzene rings is 2. The van der Waals surface area contributed by atoms with Gasteiger partial charge in [0, 0.05) is 0 Å². The Kier molecular flexibility index (Phi) is 3.72. The van der Waals surface area contributed by atoms with Crippen LogP contribution in [0.3, 0.4) is 0 Å². The molecule has 0 fully saturated rings. The normalized spacial score (nSPS) is 10.7. The molecule has 0 saturated carbocycles. The van der Waals surface area contributed by atoms with E-state index < -0.39 is 17.5 Å². The van der Waals surface area contributed by atoms with Crippen molar-refractivity contribution in [1.29, 1.82) is 0 Å². The summed E-state index contributed by atoms with van der Waals surface area (Å²) in [6, 6.07) is 8.00. The number of hydrogen-bond acceptors (Lipinski definition) is 4. The highest BCUT2D eigenvalue weighted by molar-refractivity contribution is 7.22. The molecule has 0 bridgehead atoms. The van der Waals surface area contributed by atoms with Crippen LogP contribution in [0.1, 0.15) is 10.4 Å². The molecule has 0 unspecified atom stereocenters. The van der Waals surface area contributed by atoms with Gasteiger partial charge in [0.15, 0.2) is 5.13 Å². The zero-order chi connectivity index (χ0) is 15.7. The lowest BCUT2D eigenvalue weighted by atomic mass is 10.2. The molecule has 0 atom stereocenters. The lowest BCUT2D eigenvalue weighted by Gasteiger charge is -2.02. The number of anilines is 1. The summed E-state index contributed by atoms with van der Waals surface area (Å²) in [5.41, 5.74) is 0.317. The first-order valence-corrected chi connectivity index (χ1v) is 7.09. The summed E-state index contributed by atoms with van der Waals surface area (Å²) in [6.07, 6.45) is 0. The molecule has 1 N–H and O–H groups in total. The Morgan fingerprint density at radius 3 is 2.82 bits per heavy atom. The third kappa shape index (κ3) is 2.75. The second-order valence-electron chi connectivity index (χ2n) is 4.43. The SMILES string of the molecule is COc1ccc2nc(NC(=O)c3cc(F)ccc3F)sc2c1. The molecule has 1 aromatic heterocycles. The van der Waals surface area contributed by atoms with E-state index in [0.29, 0.717) is 16.4 Å². The number of amides is 1. The van der Waals surface area contributed by atoms with Crippen molar-refractivity contribution in [3.05, 3.63) is 53.6 Å². The van der Waals surface area contributed by atoms with Gasteiger partial charge in [0.05, 0.1) is 22.9 Å². The lowest BCUT2D eigenvalue weighted by molar-refractivity contribution is 0.102. The second kappa shape index (κ2) is 5.69. The maximum absolute atomic E-state index is 13.6. The van der Waals surface area contributed by atoms with E-state index in [-0.39, 0.29) is 5.56 Å². The van der Waals surface area contributed by atoms with Gasteiger partial charge >= 0.3 is 0 Å². The number of carbonyl (C=O) groups excluding carboxylic acids is 1. The van der Waals surface area contributed by atoms with Crippen LogP contribution in [-0.2, 0) is 0 Å². The molecule has 2 aromatic carbocycles. The van der Waals surface area contributed by atoms with E-state index in [4.69, 9.17) is 4.74 Å². The molecule has 3 rings (SSSR count). The van der Waals surface area contributed by atoms with Crippen molar-refractivity contribution < 1.29 is 18.3 Å². The predicted octanol–water partition coefficient (Wildman–Crippen LogP) is 3.84. The van der Waals surface area contributed by atoms with E-state index in [2.05, 4.69) is 10.3 Å². The highest BCUT2D eigenvalue weighted by Crippen LogP contribution is 2.29. The van der Waals surface area contributed by atoms with Crippen molar-refractivity contribution in [3.63, 3.8) is 0 Å². The maximum atomic E-state index is 13.6. The predicted molar refractivity (Wildman–Crippen MR) is 80.5 cm³/mol. The fourth-order valence-electron chi connectivity index (χ4n) is 1.92. The number of fused-ring (bicyclic) bond motifs is 1. The Morgan fingerprint density at radius 2 is 2.05 bits per heavy atom. The average Bonchev–Trinajstić information content (AvgIpc) is 2.90. The van der Waals surface area contributed by atoms with Gasteiger partial charge in [0.1, 0.15) is 17.4 Å². The zero-order valence-electron chi connectivity index (χ0n) is 11.4.